The van der Waals surface area contributed by atoms with Gasteiger partial charge in [-0.1, -0.05) is 5.21 Å². The van der Waals surface area contributed by atoms with Gasteiger partial charge in [0.2, 0.25) is 0 Å². The van der Waals surface area contributed by atoms with Crippen molar-refractivity contribution >= 4 is 47.8 Å². The molecule has 1 aliphatic heterocycles. The number of aromatic nitrogens is 1. The lowest BCUT2D eigenvalue weighted by atomic mass is 9.55. The van der Waals surface area contributed by atoms with Crippen molar-refractivity contribution in [1.82, 2.24) is 9.88 Å². The Hall–Kier alpha value is -1.34. The van der Waals surface area contributed by atoms with Gasteiger partial charge in [0.25, 0.3) is 5.91 Å². The molecule has 6 nitrogen and oxygen atoms in total. The zero-order valence-electron chi connectivity index (χ0n) is 11.3. The monoisotopic (exact) mass is 346 g/mol. The van der Waals surface area contributed by atoms with E-state index in [0.717, 1.165) is 0 Å². The minimum Gasteiger partial charge on any atom is -0.398 e. The number of amides is 1. The van der Waals surface area contributed by atoms with Gasteiger partial charge in [0, 0.05) is 37.1 Å². The summed E-state index contributed by atoms with van der Waals surface area (Å²) >= 11 is 3.02. The smallest absolute Gasteiger partial charge is 0.272 e. The molecule has 0 unspecified atom stereocenters. The van der Waals surface area contributed by atoms with Crippen LogP contribution in [0.5, 0.6) is 0 Å². The first-order chi connectivity index (χ1) is 9.80. The molecule has 1 saturated heterocycles. The Labute approximate surface area is 133 Å². The molecule has 0 bridgehead atoms. The van der Waals surface area contributed by atoms with Crippen molar-refractivity contribution in [1.29, 1.82) is 5.41 Å². The van der Waals surface area contributed by atoms with Crippen LogP contribution in [-0.4, -0.2) is 62.4 Å². The van der Waals surface area contributed by atoms with Gasteiger partial charge in [-0.05, 0) is 22.0 Å². The van der Waals surface area contributed by atoms with E-state index in [9.17, 15) is 4.79 Å². The summed E-state index contributed by atoms with van der Waals surface area (Å²) in [6.07, 6.45) is 1.38. The van der Waals surface area contributed by atoms with Crippen LogP contribution in [0.3, 0.4) is 0 Å². The van der Waals surface area contributed by atoms with E-state index in [4.69, 9.17) is 31.6 Å². The lowest BCUT2D eigenvalue weighted by molar-refractivity contribution is 0.0735. The molecule has 106 valence electrons. The molecule has 0 saturated carbocycles. The number of rotatable bonds is 2. The van der Waals surface area contributed by atoms with Crippen molar-refractivity contribution in [3.05, 3.63) is 23.5 Å². The Morgan fingerprint density at radius 2 is 2.29 bits per heavy atom. The van der Waals surface area contributed by atoms with Crippen LogP contribution in [0.15, 0.2) is 12.3 Å². The molecule has 1 fully saturated rings. The van der Waals surface area contributed by atoms with Crippen LogP contribution >= 0.6 is 15.9 Å². The summed E-state index contributed by atoms with van der Waals surface area (Å²) in [4.78, 5) is 18.0. The second-order valence-corrected chi connectivity index (χ2v) is 5.78. The maximum Gasteiger partial charge on any atom is 0.272 e. The number of nitrogens with zero attached hydrogens (tertiary/aromatic N) is 2. The van der Waals surface area contributed by atoms with Crippen molar-refractivity contribution in [3.8, 4) is 0 Å². The van der Waals surface area contributed by atoms with E-state index in [1.165, 1.54) is 17.2 Å². The highest BCUT2D eigenvalue weighted by Gasteiger charge is 2.28. The van der Waals surface area contributed by atoms with Crippen LogP contribution < -0.4 is 5.73 Å². The van der Waals surface area contributed by atoms with Gasteiger partial charge in [0.15, 0.2) is 0 Å². The molecule has 0 aliphatic carbocycles. The number of nitrogens with one attached hydrogen (secondary N) is 1. The second-order valence-electron chi connectivity index (χ2n) is 4.98. The van der Waals surface area contributed by atoms with E-state index < -0.39 is 5.21 Å². The molecule has 0 spiro atoms. The summed E-state index contributed by atoms with van der Waals surface area (Å²) in [5, 5.41) is 6.39. The number of halogens is 1. The standard InChI is InChI=1S/C12H13B2BrN4O2/c13-12(14)5-19(1-2-21-6-12)11(20)9-3-8(16)7(4-18-9)10(15)17/h3-4,17H,1-2,5-6H2,(H2,16,18). The van der Waals surface area contributed by atoms with Gasteiger partial charge < -0.3 is 15.4 Å². The third kappa shape index (κ3) is 3.85. The van der Waals surface area contributed by atoms with E-state index in [2.05, 4.69) is 20.9 Å². The number of hydrogen-bond donors (Lipinski definition) is 2. The van der Waals surface area contributed by atoms with Gasteiger partial charge in [-0.2, -0.15) is 0 Å². The quantitative estimate of drug-likeness (QED) is 0.595. The third-order valence-electron chi connectivity index (χ3n) is 3.04. The highest BCUT2D eigenvalue weighted by Crippen LogP contribution is 2.23. The van der Waals surface area contributed by atoms with E-state index in [1.807, 2.05) is 0 Å². The number of carbonyl (C=O) groups excluding carboxylic acids is 1. The van der Waals surface area contributed by atoms with E-state index in [1.54, 1.807) is 0 Å². The molecule has 3 N–H and O–H groups in total. The van der Waals surface area contributed by atoms with Gasteiger partial charge in [-0.25, -0.2) is 0 Å². The summed E-state index contributed by atoms with van der Waals surface area (Å²) in [7, 11) is 11.7. The Kier molecular flexibility index (Phi) is 4.73. The number of hydrogen-bond acceptors (Lipinski definition) is 5. The Balaban J connectivity index is 2.23. The van der Waals surface area contributed by atoms with Crippen molar-refractivity contribution < 1.29 is 9.53 Å². The average Bonchev–Trinajstić information content (AvgIpc) is 2.58. The molecule has 2 heterocycles. The lowest BCUT2D eigenvalue weighted by Gasteiger charge is -2.29. The minimum absolute atomic E-state index is 0.109. The molecular formula is C12H13B2BrN4O2. The summed E-state index contributed by atoms with van der Waals surface area (Å²) in [5.41, 5.74) is 6.73. The molecule has 1 aromatic heterocycles. The SMILES string of the molecule is [B]C1([B])COCCN(C(=O)c2cc(N)c(C(=N)Br)cn2)C1. The first-order valence-electron chi connectivity index (χ1n) is 6.25. The van der Waals surface area contributed by atoms with Crippen LogP contribution in [0, 0.1) is 5.41 Å². The van der Waals surface area contributed by atoms with Crippen LogP contribution in [0.4, 0.5) is 5.69 Å². The van der Waals surface area contributed by atoms with Crippen LogP contribution in [-0.2, 0) is 4.74 Å². The Bertz CT molecular complexity index is 582. The lowest BCUT2D eigenvalue weighted by Crippen LogP contribution is -2.39. The first kappa shape index (κ1) is 16.0. The normalized spacial score (nSPS) is 18.0. The molecule has 0 aromatic carbocycles. The molecule has 1 aromatic rings. The largest absolute Gasteiger partial charge is 0.398 e. The zero-order valence-corrected chi connectivity index (χ0v) is 12.9. The fourth-order valence-electron chi connectivity index (χ4n) is 2.02. The Morgan fingerprint density at radius 3 is 2.90 bits per heavy atom. The van der Waals surface area contributed by atoms with Gasteiger partial charge in [0.1, 0.15) is 10.3 Å². The van der Waals surface area contributed by atoms with Gasteiger partial charge in [-0.15, -0.1) is 0 Å². The van der Waals surface area contributed by atoms with E-state index >= 15 is 0 Å². The van der Waals surface area contributed by atoms with Gasteiger partial charge >= 0.3 is 0 Å². The third-order valence-corrected chi connectivity index (χ3v) is 3.47. The number of nitrogens with two attached hydrogens (primary N) is 1. The molecule has 21 heavy (non-hydrogen) atoms. The molecule has 9 heteroatoms. The summed E-state index contributed by atoms with van der Waals surface area (Å²) in [5.74, 6) is -0.319. The molecule has 2 rings (SSSR count). The highest BCUT2D eigenvalue weighted by atomic mass is 79.9. The molecule has 4 radical (unpaired) electrons. The summed E-state index contributed by atoms with van der Waals surface area (Å²) in [6.45, 7) is 1.10. The number of pyridine rings is 1. The van der Waals surface area contributed by atoms with Crippen LogP contribution in [0.2, 0.25) is 5.21 Å². The molecular weight excluding hydrogens is 334 g/mol. The molecule has 1 amide bonds. The van der Waals surface area contributed by atoms with Crippen LogP contribution in [0.25, 0.3) is 0 Å². The zero-order chi connectivity index (χ0) is 15.6. The van der Waals surface area contributed by atoms with Gasteiger partial charge in [-0.3, -0.25) is 15.2 Å². The second kappa shape index (κ2) is 6.19. The van der Waals surface area contributed by atoms with Crippen molar-refractivity contribution in [2.45, 2.75) is 5.21 Å². The number of carbonyl (C=O) groups is 1. The summed E-state index contributed by atoms with van der Waals surface area (Å²) in [6, 6.07) is 1.44. The highest BCUT2D eigenvalue weighted by molar-refractivity contribution is 9.18. The van der Waals surface area contributed by atoms with E-state index in [0.29, 0.717) is 24.4 Å². The van der Waals surface area contributed by atoms with E-state index in [-0.39, 0.29) is 29.4 Å². The number of ether oxygens (including phenoxy) is 1. The predicted molar refractivity (Wildman–Crippen MR) is 85.3 cm³/mol. The van der Waals surface area contributed by atoms with Gasteiger partial charge in [0.05, 0.1) is 22.3 Å². The number of nitrogen functional groups attached to an aromatic ring is 1. The van der Waals surface area contributed by atoms with Crippen molar-refractivity contribution in [3.63, 3.8) is 0 Å². The Morgan fingerprint density at radius 1 is 1.57 bits per heavy atom. The fraction of sp³-hybridized carbons (Fsp3) is 0.417. The fourth-order valence-corrected chi connectivity index (χ4v) is 2.35. The molecule has 0 atom stereocenters. The topological polar surface area (TPSA) is 92.3 Å². The van der Waals surface area contributed by atoms with Crippen molar-refractivity contribution in [2.75, 3.05) is 32.0 Å². The number of anilines is 1. The average molecular weight is 347 g/mol. The predicted octanol–water partition coefficient (Wildman–Crippen LogP) is 0.310. The summed E-state index contributed by atoms with van der Waals surface area (Å²) < 4.78 is 5.39. The molecule has 1 aliphatic rings. The maximum atomic E-state index is 12.4. The minimum atomic E-state index is -1.09. The van der Waals surface area contributed by atoms with Crippen LogP contribution in [0.1, 0.15) is 16.1 Å². The maximum absolute atomic E-state index is 12.4. The van der Waals surface area contributed by atoms with Crippen molar-refractivity contribution in [2.24, 2.45) is 0 Å². The first-order valence-corrected chi connectivity index (χ1v) is 7.04.